The molecule has 2 atom stereocenters. The van der Waals surface area contributed by atoms with Crippen molar-refractivity contribution < 1.29 is 28.4 Å². The fourth-order valence-electron chi connectivity index (χ4n) is 5.16. The van der Waals surface area contributed by atoms with Gasteiger partial charge in [-0.1, -0.05) is 18.2 Å². The van der Waals surface area contributed by atoms with Gasteiger partial charge in [0.05, 0.1) is 31.5 Å². The fraction of sp³-hybridized carbons (Fsp3) is 0.483. The molecule has 7 nitrogen and oxygen atoms in total. The van der Waals surface area contributed by atoms with Gasteiger partial charge in [0.25, 0.3) is 0 Å². The van der Waals surface area contributed by atoms with Crippen LogP contribution in [-0.4, -0.2) is 46.3 Å². The molecule has 1 unspecified atom stereocenters. The Balaban J connectivity index is 1.41. The zero-order chi connectivity index (χ0) is 27.4. The van der Waals surface area contributed by atoms with Gasteiger partial charge in [0.1, 0.15) is 11.5 Å². The Labute approximate surface area is 224 Å². The lowest BCUT2D eigenvalue weighted by atomic mass is 9.77. The van der Waals surface area contributed by atoms with Crippen LogP contribution in [0.3, 0.4) is 0 Å². The Hall–Kier alpha value is -2.67. The van der Waals surface area contributed by atoms with Crippen LogP contribution in [0.4, 0.5) is 4.39 Å². The van der Waals surface area contributed by atoms with Crippen LogP contribution in [-0.2, 0) is 4.57 Å². The summed E-state index contributed by atoms with van der Waals surface area (Å²) in [4.78, 5) is 9.58. The maximum atomic E-state index is 14.8. The van der Waals surface area contributed by atoms with E-state index in [1.165, 1.54) is 6.66 Å². The molecule has 0 spiro atoms. The van der Waals surface area contributed by atoms with E-state index in [-0.39, 0.29) is 18.1 Å². The number of hydrogen-bond acceptors (Lipinski definition) is 5. The van der Waals surface area contributed by atoms with E-state index < -0.39 is 19.4 Å². The molecule has 206 valence electrons. The lowest BCUT2D eigenvalue weighted by Gasteiger charge is -2.30. The number of hydrogen-bond donors (Lipinski definition) is 2. The summed E-state index contributed by atoms with van der Waals surface area (Å²) in [5.74, 6) is 1.59. The molecule has 0 bridgehead atoms. The normalized spacial score (nSPS) is 20.2. The topological polar surface area (TPSA) is 93.8 Å². The van der Waals surface area contributed by atoms with Gasteiger partial charge in [-0.05, 0) is 92.3 Å². The summed E-state index contributed by atoms with van der Waals surface area (Å²) >= 11 is 0. The molecule has 1 aliphatic carbocycles. The van der Waals surface area contributed by atoms with Crippen LogP contribution in [0.15, 0.2) is 48.7 Å². The first kappa shape index (κ1) is 28.3. The third kappa shape index (κ3) is 7.04. The van der Waals surface area contributed by atoms with E-state index in [9.17, 15) is 19.0 Å². The Kier molecular flexibility index (Phi) is 8.96. The van der Waals surface area contributed by atoms with Gasteiger partial charge < -0.3 is 19.5 Å². The number of methoxy groups -OCH3 is 1. The number of aromatic nitrogens is 2. The van der Waals surface area contributed by atoms with Crippen LogP contribution >= 0.6 is 7.37 Å². The number of benzene rings is 2. The molecule has 2 N–H and O–H groups in total. The van der Waals surface area contributed by atoms with Gasteiger partial charge in [0, 0.05) is 18.9 Å². The highest BCUT2D eigenvalue weighted by molar-refractivity contribution is 7.57. The van der Waals surface area contributed by atoms with E-state index in [1.54, 1.807) is 36.2 Å². The molecule has 0 radical (unpaired) electrons. The van der Waals surface area contributed by atoms with Crippen LogP contribution in [0.5, 0.6) is 11.5 Å². The van der Waals surface area contributed by atoms with E-state index in [0.717, 1.165) is 42.6 Å². The van der Waals surface area contributed by atoms with Crippen molar-refractivity contribution >= 4 is 7.37 Å². The SMILES string of the molecule is COc1ccc(-c2cn(C(C)C)nc2F)c(C2CCC(COc3cccc([C@H](O)CP(C)(=O)O)c3)CC2)c1. The van der Waals surface area contributed by atoms with Crippen LogP contribution < -0.4 is 9.47 Å². The van der Waals surface area contributed by atoms with Crippen LogP contribution in [0.1, 0.15) is 68.7 Å². The largest absolute Gasteiger partial charge is 0.497 e. The summed E-state index contributed by atoms with van der Waals surface area (Å²) in [5.41, 5.74) is 3.04. The minimum Gasteiger partial charge on any atom is -0.497 e. The third-order valence-corrected chi connectivity index (χ3v) is 8.32. The van der Waals surface area contributed by atoms with Gasteiger partial charge in [-0.3, -0.25) is 9.25 Å². The minimum atomic E-state index is -3.33. The van der Waals surface area contributed by atoms with Crippen molar-refractivity contribution in [1.82, 2.24) is 9.78 Å². The second-order valence-corrected chi connectivity index (χ2v) is 13.2. The molecule has 0 amide bonds. The highest BCUT2D eigenvalue weighted by atomic mass is 31.2. The molecule has 1 fully saturated rings. The lowest BCUT2D eigenvalue weighted by molar-refractivity contribution is 0.192. The molecular formula is C29H38FN2O5P. The van der Waals surface area contributed by atoms with E-state index >= 15 is 0 Å². The number of halogens is 1. The molecule has 3 aromatic rings. The van der Waals surface area contributed by atoms with Crippen LogP contribution in [0.25, 0.3) is 11.1 Å². The first-order valence-corrected chi connectivity index (χ1v) is 15.5. The average Bonchev–Trinajstić information content (AvgIpc) is 3.28. The first-order valence-electron chi connectivity index (χ1n) is 13.2. The number of ether oxygens (including phenoxy) is 2. The van der Waals surface area contributed by atoms with Crippen molar-refractivity contribution in [2.75, 3.05) is 26.5 Å². The lowest BCUT2D eigenvalue weighted by Crippen LogP contribution is -2.19. The summed E-state index contributed by atoms with van der Waals surface area (Å²) < 4.78 is 39.7. The van der Waals surface area contributed by atoms with Crippen molar-refractivity contribution in [3.63, 3.8) is 0 Å². The average molecular weight is 545 g/mol. The first-order chi connectivity index (χ1) is 18.0. The molecule has 1 saturated carbocycles. The van der Waals surface area contributed by atoms with Crippen molar-refractivity contribution in [3.8, 4) is 22.6 Å². The van der Waals surface area contributed by atoms with Gasteiger partial charge in [0.15, 0.2) is 0 Å². The van der Waals surface area contributed by atoms with E-state index in [4.69, 9.17) is 9.47 Å². The molecule has 1 aliphatic rings. The molecule has 0 saturated heterocycles. The zero-order valence-corrected chi connectivity index (χ0v) is 23.4. The predicted molar refractivity (Wildman–Crippen MR) is 147 cm³/mol. The number of aliphatic hydroxyl groups is 1. The summed E-state index contributed by atoms with van der Waals surface area (Å²) in [6.07, 6.45) is 4.45. The number of nitrogens with zero attached hydrogens (tertiary/aromatic N) is 2. The van der Waals surface area contributed by atoms with Crippen LogP contribution in [0.2, 0.25) is 0 Å². The van der Waals surface area contributed by atoms with Crippen molar-refractivity contribution in [2.45, 2.75) is 57.6 Å². The standard InChI is InChI=1S/C29H38FN2O5P/c1-19(2)32-16-27(29(30)31-32)25-13-12-23(36-3)15-26(25)21-10-8-20(9-11-21)17-37-24-7-5-6-22(14-24)28(33)18-38(4,34)35/h5-7,12-16,19-21,28,33H,8-11,17-18H2,1-4H3,(H,34,35)/t20?,21?,28-/m1/s1. The Bertz CT molecular complexity index is 1280. The monoisotopic (exact) mass is 544 g/mol. The van der Waals surface area contributed by atoms with Crippen molar-refractivity contribution in [1.29, 1.82) is 0 Å². The zero-order valence-electron chi connectivity index (χ0n) is 22.5. The third-order valence-electron chi connectivity index (χ3n) is 7.29. The maximum absolute atomic E-state index is 14.8. The molecule has 4 rings (SSSR count). The van der Waals surface area contributed by atoms with E-state index in [0.29, 0.717) is 29.4 Å². The molecule has 9 heteroatoms. The van der Waals surface area contributed by atoms with E-state index in [2.05, 4.69) is 5.10 Å². The second kappa shape index (κ2) is 12.0. The molecule has 0 aliphatic heterocycles. The molecule has 38 heavy (non-hydrogen) atoms. The number of rotatable bonds is 10. The molecule has 2 aromatic carbocycles. The second-order valence-electron chi connectivity index (χ2n) is 10.7. The van der Waals surface area contributed by atoms with Gasteiger partial charge in [-0.25, -0.2) is 0 Å². The smallest absolute Gasteiger partial charge is 0.240 e. The van der Waals surface area contributed by atoms with Crippen molar-refractivity contribution in [2.24, 2.45) is 5.92 Å². The molecular weight excluding hydrogens is 506 g/mol. The van der Waals surface area contributed by atoms with Gasteiger partial charge in [-0.15, -0.1) is 5.10 Å². The minimum absolute atomic E-state index is 0.0717. The summed E-state index contributed by atoms with van der Waals surface area (Å²) in [5, 5.41) is 14.4. The molecule has 1 heterocycles. The Morgan fingerprint density at radius 2 is 1.84 bits per heavy atom. The summed E-state index contributed by atoms with van der Waals surface area (Å²) in [6, 6.07) is 13.0. The van der Waals surface area contributed by atoms with Crippen LogP contribution in [0, 0.1) is 11.9 Å². The fourth-order valence-corrected chi connectivity index (χ4v) is 6.01. The number of aliphatic hydroxyl groups excluding tert-OH is 1. The van der Waals surface area contributed by atoms with Crippen molar-refractivity contribution in [3.05, 3.63) is 65.7 Å². The highest BCUT2D eigenvalue weighted by Crippen LogP contribution is 2.43. The predicted octanol–water partition coefficient (Wildman–Crippen LogP) is 6.57. The summed E-state index contributed by atoms with van der Waals surface area (Å²) in [7, 11) is -1.69. The summed E-state index contributed by atoms with van der Waals surface area (Å²) in [6.45, 7) is 5.76. The maximum Gasteiger partial charge on any atom is 0.240 e. The Morgan fingerprint density at radius 1 is 1.11 bits per heavy atom. The van der Waals surface area contributed by atoms with Gasteiger partial charge in [0.2, 0.25) is 13.3 Å². The van der Waals surface area contributed by atoms with Gasteiger partial charge in [-0.2, -0.15) is 4.39 Å². The molecule has 1 aromatic heterocycles. The van der Waals surface area contributed by atoms with E-state index in [1.807, 2.05) is 38.1 Å². The quantitative estimate of drug-likeness (QED) is 0.281. The van der Waals surface area contributed by atoms with Gasteiger partial charge >= 0.3 is 0 Å². The Morgan fingerprint density at radius 3 is 2.47 bits per heavy atom. The highest BCUT2D eigenvalue weighted by Gasteiger charge is 2.27.